The number of anilines is 2. The fourth-order valence-corrected chi connectivity index (χ4v) is 5.36. The van der Waals surface area contributed by atoms with Crippen LogP contribution in [0.2, 0.25) is 0 Å². The molecule has 5 rings (SSSR count). The van der Waals surface area contributed by atoms with E-state index < -0.39 is 11.7 Å². The van der Waals surface area contributed by atoms with Crippen molar-refractivity contribution in [2.24, 2.45) is 0 Å². The first-order chi connectivity index (χ1) is 16.4. The van der Waals surface area contributed by atoms with Crippen molar-refractivity contribution in [3.8, 4) is 12.0 Å². The van der Waals surface area contributed by atoms with Crippen LogP contribution >= 0.6 is 23.1 Å². The van der Waals surface area contributed by atoms with Gasteiger partial charge in [0.25, 0.3) is 0 Å². The van der Waals surface area contributed by atoms with E-state index in [1.54, 1.807) is 17.4 Å². The summed E-state index contributed by atoms with van der Waals surface area (Å²) in [5, 5.41) is 3.32. The Kier molecular flexibility index (Phi) is 6.35. The third kappa shape index (κ3) is 5.29. The van der Waals surface area contributed by atoms with Gasteiger partial charge in [0.05, 0.1) is 20.7 Å². The number of aromatic nitrogens is 2. The molecule has 9 heteroatoms. The lowest BCUT2D eigenvalue weighted by atomic mass is 10.2. The van der Waals surface area contributed by atoms with Crippen LogP contribution in [-0.2, 0) is 6.18 Å². The van der Waals surface area contributed by atoms with Crippen molar-refractivity contribution in [3.05, 3.63) is 71.4 Å². The molecule has 4 aromatic rings. The van der Waals surface area contributed by atoms with Gasteiger partial charge in [-0.3, -0.25) is 0 Å². The summed E-state index contributed by atoms with van der Waals surface area (Å²) in [4.78, 5) is 13.2. The molecule has 0 amide bonds. The number of nitrogens with zero attached hydrogens (tertiary/aromatic N) is 3. The summed E-state index contributed by atoms with van der Waals surface area (Å²) in [6.07, 6.45) is -0.447. The second-order valence-corrected chi connectivity index (χ2v) is 9.95. The number of hydrogen-bond donors (Lipinski definition) is 1. The van der Waals surface area contributed by atoms with Crippen molar-refractivity contribution in [2.45, 2.75) is 28.8 Å². The zero-order valence-corrected chi connectivity index (χ0v) is 19.5. The molecule has 34 heavy (non-hydrogen) atoms. The molecule has 0 bridgehead atoms. The Balaban J connectivity index is 1.30. The van der Waals surface area contributed by atoms with Crippen LogP contribution in [0.5, 0.6) is 0 Å². The summed E-state index contributed by atoms with van der Waals surface area (Å²) in [5.74, 6) is 3.93. The van der Waals surface area contributed by atoms with Gasteiger partial charge in [0, 0.05) is 34.6 Å². The smallest absolute Gasteiger partial charge is 0.339 e. The van der Waals surface area contributed by atoms with Crippen molar-refractivity contribution in [3.63, 3.8) is 0 Å². The summed E-state index contributed by atoms with van der Waals surface area (Å²) >= 11 is 2.83. The lowest BCUT2D eigenvalue weighted by molar-refractivity contribution is -0.137. The molecule has 0 saturated carbocycles. The molecular weight excluding hydrogens is 477 g/mol. The second kappa shape index (κ2) is 9.57. The number of benzene rings is 2. The summed E-state index contributed by atoms with van der Waals surface area (Å²) in [5.41, 5.74) is 1.01. The quantitative estimate of drug-likeness (QED) is 0.308. The van der Waals surface area contributed by atoms with Crippen LogP contribution in [-0.4, -0.2) is 28.0 Å². The highest BCUT2D eigenvalue weighted by Crippen LogP contribution is 2.35. The fraction of sp³-hybridized carbons (Fsp3) is 0.200. The summed E-state index contributed by atoms with van der Waals surface area (Å²) < 4.78 is 39.8. The van der Waals surface area contributed by atoms with Gasteiger partial charge in [-0.15, -0.1) is 11.3 Å². The number of fused-ring (bicyclic) bond motifs is 1. The van der Waals surface area contributed by atoms with E-state index in [2.05, 4.69) is 32.1 Å². The van der Waals surface area contributed by atoms with Gasteiger partial charge in [0.15, 0.2) is 5.82 Å². The number of nitrogens with one attached hydrogen (secondary N) is 1. The lowest BCUT2D eigenvalue weighted by Crippen LogP contribution is -2.10. The number of halogens is 3. The molecule has 0 radical (unpaired) electrons. The Bertz CT molecular complexity index is 1360. The normalized spacial score (nSPS) is 13.7. The van der Waals surface area contributed by atoms with Crippen molar-refractivity contribution >= 4 is 44.8 Å². The van der Waals surface area contributed by atoms with Gasteiger partial charge in [-0.2, -0.15) is 13.2 Å². The molecule has 1 aliphatic rings. The molecule has 3 heterocycles. The lowest BCUT2D eigenvalue weighted by Gasteiger charge is -2.09. The third-order valence-electron chi connectivity index (χ3n) is 5.27. The SMILES string of the molecule is FC(F)(F)c1cccc(Sc2ccc(Nc3ncnc4cc(C#CN5CCCC5)sc34)cc2)c1. The van der Waals surface area contributed by atoms with E-state index in [-0.39, 0.29) is 0 Å². The van der Waals surface area contributed by atoms with Gasteiger partial charge in [-0.1, -0.05) is 17.8 Å². The molecule has 2 aromatic carbocycles. The van der Waals surface area contributed by atoms with E-state index in [1.165, 1.54) is 37.0 Å². The minimum atomic E-state index is -4.35. The third-order valence-corrected chi connectivity index (χ3v) is 7.31. The average Bonchev–Trinajstić information content (AvgIpc) is 3.49. The van der Waals surface area contributed by atoms with E-state index in [0.717, 1.165) is 50.9 Å². The van der Waals surface area contributed by atoms with Gasteiger partial charge in [-0.05, 0) is 67.3 Å². The topological polar surface area (TPSA) is 41.1 Å². The monoisotopic (exact) mass is 496 g/mol. The van der Waals surface area contributed by atoms with E-state index in [1.807, 2.05) is 30.3 Å². The van der Waals surface area contributed by atoms with Crippen molar-refractivity contribution in [2.75, 3.05) is 18.4 Å². The predicted octanol–water partition coefficient (Wildman–Crippen LogP) is 7.01. The molecule has 2 aromatic heterocycles. The first kappa shape index (κ1) is 22.6. The number of likely N-dealkylation sites (tertiary alicyclic amines) is 1. The Morgan fingerprint density at radius 2 is 1.76 bits per heavy atom. The van der Waals surface area contributed by atoms with Crippen LogP contribution in [0.25, 0.3) is 10.2 Å². The molecule has 1 N–H and O–H groups in total. The molecule has 0 unspecified atom stereocenters. The summed E-state index contributed by atoms with van der Waals surface area (Å²) in [6.45, 7) is 2.04. The molecular formula is C25H19F3N4S2. The zero-order valence-electron chi connectivity index (χ0n) is 17.9. The molecule has 0 spiro atoms. The maximum atomic E-state index is 13.0. The second-order valence-electron chi connectivity index (χ2n) is 7.76. The minimum absolute atomic E-state index is 0.536. The molecule has 1 aliphatic heterocycles. The van der Waals surface area contributed by atoms with Crippen LogP contribution in [0.4, 0.5) is 24.7 Å². The first-order valence-corrected chi connectivity index (χ1v) is 12.3. The maximum absolute atomic E-state index is 13.0. The van der Waals surface area contributed by atoms with Gasteiger partial charge in [0.2, 0.25) is 0 Å². The maximum Gasteiger partial charge on any atom is 0.416 e. The van der Waals surface area contributed by atoms with E-state index >= 15 is 0 Å². The molecule has 172 valence electrons. The highest BCUT2D eigenvalue weighted by Gasteiger charge is 2.30. The largest absolute Gasteiger partial charge is 0.416 e. The number of alkyl halides is 3. The van der Waals surface area contributed by atoms with Crippen LogP contribution in [0.15, 0.2) is 70.7 Å². The number of hydrogen-bond acceptors (Lipinski definition) is 6. The van der Waals surface area contributed by atoms with Crippen LogP contribution in [0.1, 0.15) is 23.3 Å². The Labute approximate surface area is 203 Å². The molecule has 1 saturated heterocycles. The summed E-state index contributed by atoms with van der Waals surface area (Å²) in [6, 6.07) is 18.0. The number of rotatable bonds is 4. The zero-order chi connectivity index (χ0) is 23.5. The minimum Gasteiger partial charge on any atom is -0.339 e. The van der Waals surface area contributed by atoms with Crippen molar-refractivity contribution < 1.29 is 13.2 Å². The Hall–Kier alpha value is -3.22. The molecule has 0 aliphatic carbocycles. The van der Waals surface area contributed by atoms with Gasteiger partial charge >= 0.3 is 6.18 Å². The van der Waals surface area contributed by atoms with Gasteiger partial charge in [-0.25, -0.2) is 9.97 Å². The van der Waals surface area contributed by atoms with Crippen LogP contribution in [0, 0.1) is 12.0 Å². The first-order valence-electron chi connectivity index (χ1n) is 10.7. The summed E-state index contributed by atoms with van der Waals surface area (Å²) in [7, 11) is 0. The van der Waals surface area contributed by atoms with Gasteiger partial charge < -0.3 is 10.2 Å². The standard InChI is InChI=1S/C25H19F3N4S2/c26-25(27,28)17-4-3-5-20(14-17)33-19-8-6-18(7-9-19)31-24-23-22(29-16-30-24)15-21(34-23)10-13-32-11-1-2-12-32/h3-9,14-16H,1-2,11-12H2,(H,29,30,31). The van der Waals surface area contributed by atoms with Crippen molar-refractivity contribution in [1.82, 2.24) is 14.9 Å². The van der Waals surface area contributed by atoms with Crippen LogP contribution in [0.3, 0.4) is 0 Å². The molecule has 1 fully saturated rings. The number of thiophene rings is 1. The molecule has 4 nitrogen and oxygen atoms in total. The fourth-order valence-electron chi connectivity index (χ4n) is 3.58. The molecule has 0 atom stereocenters. The Morgan fingerprint density at radius 3 is 2.53 bits per heavy atom. The van der Waals surface area contributed by atoms with Crippen LogP contribution < -0.4 is 5.32 Å². The van der Waals surface area contributed by atoms with E-state index in [4.69, 9.17) is 0 Å². The highest BCUT2D eigenvalue weighted by molar-refractivity contribution is 7.99. The highest BCUT2D eigenvalue weighted by atomic mass is 32.2. The Morgan fingerprint density at radius 1 is 0.971 bits per heavy atom. The predicted molar refractivity (Wildman–Crippen MR) is 130 cm³/mol. The van der Waals surface area contributed by atoms with E-state index in [9.17, 15) is 13.2 Å². The average molecular weight is 497 g/mol. The van der Waals surface area contributed by atoms with Gasteiger partial charge in [0.1, 0.15) is 6.33 Å². The van der Waals surface area contributed by atoms with E-state index in [0.29, 0.717) is 10.7 Å². The van der Waals surface area contributed by atoms with Crippen molar-refractivity contribution in [1.29, 1.82) is 0 Å².